The lowest BCUT2D eigenvalue weighted by Crippen LogP contribution is -2.49. The third kappa shape index (κ3) is 4.20. The van der Waals surface area contributed by atoms with Crippen molar-refractivity contribution in [3.63, 3.8) is 0 Å². The van der Waals surface area contributed by atoms with E-state index in [9.17, 15) is 9.59 Å². The summed E-state index contributed by atoms with van der Waals surface area (Å²) in [4.78, 5) is 26.2. The summed E-state index contributed by atoms with van der Waals surface area (Å²) in [6, 6.07) is -0.427. The highest BCUT2D eigenvalue weighted by atomic mass is 16.5. The van der Waals surface area contributed by atoms with Gasteiger partial charge in [-0.2, -0.15) is 0 Å². The van der Waals surface area contributed by atoms with Crippen LogP contribution in [0, 0.1) is 5.92 Å². The van der Waals surface area contributed by atoms with Gasteiger partial charge in [-0.05, 0) is 19.3 Å². The lowest BCUT2D eigenvalue weighted by Gasteiger charge is -2.30. The van der Waals surface area contributed by atoms with E-state index in [1.165, 1.54) is 0 Å². The Morgan fingerprint density at radius 3 is 2.74 bits per heavy atom. The number of hydrogen-bond acceptors (Lipinski definition) is 3. The number of rotatable bonds is 6. The van der Waals surface area contributed by atoms with Gasteiger partial charge >= 0.3 is 0 Å². The van der Waals surface area contributed by atoms with Gasteiger partial charge in [0.2, 0.25) is 11.8 Å². The number of carbonyl (C=O) groups is 2. The lowest BCUT2D eigenvalue weighted by atomic mass is 9.98. The molecule has 3 unspecified atom stereocenters. The first-order valence-corrected chi connectivity index (χ1v) is 7.10. The number of hydrogen-bond donors (Lipinski definition) is 1. The summed E-state index contributed by atoms with van der Waals surface area (Å²) >= 11 is 0. The van der Waals surface area contributed by atoms with Crippen LogP contribution in [0.25, 0.3) is 0 Å². The van der Waals surface area contributed by atoms with Crippen molar-refractivity contribution in [2.24, 2.45) is 5.92 Å². The number of amides is 2. The number of ether oxygens (including phenoxy) is 1. The SMILES string of the molecule is CCC(C)C1NC(=O)CC(C)N(CCCOC)C1=O. The van der Waals surface area contributed by atoms with Crippen molar-refractivity contribution in [1.82, 2.24) is 10.2 Å². The van der Waals surface area contributed by atoms with Gasteiger partial charge in [-0.3, -0.25) is 9.59 Å². The first-order valence-electron chi connectivity index (χ1n) is 7.10. The van der Waals surface area contributed by atoms with Crippen LogP contribution in [-0.2, 0) is 14.3 Å². The Hall–Kier alpha value is -1.10. The van der Waals surface area contributed by atoms with Crippen LogP contribution in [0.1, 0.15) is 40.0 Å². The molecule has 5 nitrogen and oxygen atoms in total. The van der Waals surface area contributed by atoms with E-state index in [4.69, 9.17) is 4.74 Å². The van der Waals surface area contributed by atoms with Gasteiger partial charge in [0.05, 0.1) is 0 Å². The molecule has 0 aliphatic carbocycles. The third-order valence-corrected chi connectivity index (χ3v) is 3.84. The molecule has 3 atom stereocenters. The summed E-state index contributed by atoms with van der Waals surface area (Å²) in [6.45, 7) is 7.25. The Balaban J connectivity index is 2.80. The molecule has 1 N–H and O–H groups in total. The third-order valence-electron chi connectivity index (χ3n) is 3.84. The second-order valence-electron chi connectivity index (χ2n) is 5.36. The molecule has 0 bridgehead atoms. The minimum Gasteiger partial charge on any atom is -0.385 e. The van der Waals surface area contributed by atoms with Gasteiger partial charge in [0.25, 0.3) is 0 Å². The molecule has 0 aromatic carbocycles. The molecule has 19 heavy (non-hydrogen) atoms. The molecule has 0 spiro atoms. The number of methoxy groups -OCH3 is 1. The fraction of sp³-hybridized carbons (Fsp3) is 0.857. The van der Waals surface area contributed by atoms with Crippen LogP contribution in [0.5, 0.6) is 0 Å². The summed E-state index contributed by atoms with van der Waals surface area (Å²) < 4.78 is 5.03. The van der Waals surface area contributed by atoms with Crippen molar-refractivity contribution in [2.75, 3.05) is 20.3 Å². The van der Waals surface area contributed by atoms with E-state index < -0.39 is 0 Å². The van der Waals surface area contributed by atoms with E-state index in [-0.39, 0.29) is 29.8 Å². The second-order valence-corrected chi connectivity index (χ2v) is 5.36. The molecule has 0 radical (unpaired) electrons. The van der Waals surface area contributed by atoms with Crippen LogP contribution in [0.15, 0.2) is 0 Å². The molecule has 1 aliphatic heterocycles. The minimum absolute atomic E-state index is 0.0274. The normalized spacial score (nSPS) is 26.0. The highest BCUT2D eigenvalue weighted by molar-refractivity contribution is 5.90. The van der Waals surface area contributed by atoms with Gasteiger partial charge in [0, 0.05) is 32.7 Å². The van der Waals surface area contributed by atoms with Crippen LogP contribution >= 0.6 is 0 Å². The predicted octanol–water partition coefficient (Wildman–Crippen LogP) is 1.17. The Kier molecular flexibility index (Phi) is 6.28. The van der Waals surface area contributed by atoms with Crippen LogP contribution in [0.4, 0.5) is 0 Å². The number of carbonyl (C=O) groups excluding carboxylic acids is 2. The molecule has 1 fully saturated rings. The fourth-order valence-electron chi connectivity index (χ4n) is 2.40. The van der Waals surface area contributed by atoms with Crippen molar-refractivity contribution in [2.45, 2.75) is 52.1 Å². The van der Waals surface area contributed by atoms with Crippen molar-refractivity contribution in [1.29, 1.82) is 0 Å². The lowest BCUT2D eigenvalue weighted by molar-refractivity contribution is -0.136. The molecule has 5 heteroatoms. The first-order chi connectivity index (χ1) is 9.01. The summed E-state index contributed by atoms with van der Waals surface area (Å²) in [5.74, 6) is 0.177. The van der Waals surface area contributed by atoms with Gasteiger partial charge in [0.15, 0.2) is 0 Å². The van der Waals surface area contributed by atoms with E-state index in [1.54, 1.807) is 7.11 Å². The van der Waals surface area contributed by atoms with Crippen molar-refractivity contribution in [3.8, 4) is 0 Å². The molecule has 2 amide bonds. The smallest absolute Gasteiger partial charge is 0.245 e. The fourth-order valence-corrected chi connectivity index (χ4v) is 2.40. The zero-order valence-corrected chi connectivity index (χ0v) is 12.4. The van der Waals surface area contributed by atoms with E-state index >= 15 is 0 Å². The van der Waals surface area contributed by atoms with Gasteiger partial charge < -0.3 is 15.0 Å². The largest absolute Gasteiger partial charge is 0.385 e. The van der Waals surface area contributed by atoms with Gasteiger partial charge in [-0.15, -0.1) is 0 Å². The Morgan fingerprint density at radius 2 is 2.16 bits per heavy atom. The van der Waals surface area contributed by atoms with Crippen molar-refractivity contribution < 1.29 is 14.3 Å². The predicted molar refractivity (Wildman–Crippen MR) is 73.7 cm³/mol. The highest BCUT2D eigenvalue weighted by Crippen LogP contribution is 2.18. The van der Waals surface area contributed by atoms with Crippen molar-refractivity contribution >= 4 is 11.8 Å². The maximum Gasteiger partial charge on any atom is 0.245 e. The quantitative estimate of drug-likeness (QED) is 0.737. The topological polar surface area (TPSA) is 58.6 Å². The molecule has 0 saturated carbocycles. The summed E-state index contributed by atoms with van der Waals surface area (Å²) in [5.41, 5.74) is 0. The molecular weight excluding hydrogens is 244 g/mol. The molecule has 1 saturated heterocycles. The van der Waals surface area contributed by atoms with Crippen LogP contribution < -0.4 is 5.32 Å². The number of nitrogens with one attached hydrogen (secondary N) is 1. The van der Waals surface area contributed by atoms with Crippen LogP contribution in [-0.4, -0.2) is 49.1 Å². The maximum atomic E-state index is 12.6. The molecule has 0 aromatic rings. The second kappa shape index (κ2) is 7.48. The van der Waals surface area contributed by atoms with E-state index in [0.717, 1.165) is 12.8 Å². The molecule has 1 rings (SSSR count). The average Bonchev–Trinajstić information content (AvgIpc) is 2.48. The summed E-state index contributed by atoms with van der Waals surface area (Å²) in [7, 11) is 1.65. The molecule has 0 aromatic heterocycles. The zero-order valence-electron chi connectivity index (χ0n) is 12.4. The van der Waals surface area contributed by atoms with E-state index in [1.807, 2.05) is 25.7 Å². The Bertz CT molecular complexity index is 320. The van der Waals surface area contributed by atoms with E-state index in [2.05, 4.69) is 5.32 Å². The van der Waals surface area contributed by atoms with Crippen LogP contribution in [0.3, 0.4) is 0 Å². The summed E-state index contributed by atoms with van der Waals surface area (Å²) in [6.07, 6.45) is 2.05. The zero-order chi connectivity index (χ0) is 14.4. The summed E-state index contributed by atoms with van der Waals surface area (Å²) in [5, 5.41) is 2.87. The number of nitrogens with zero attached hydrogens (tertiary/aromatic N) is 1. The highest BCUT2D eigenvalue weighted by Gasteiger charge is 2.35. The average molecular weight is 270 g/mol. The van der Waals surface area contributed by atoms with Crippen molar-refractivity contribution in [3.05, 3.63) is 0 Å². The van der Waals surface area contributed by atoms with Gasteiger partial charge in [-0.1, -0.05) is 20.3 Å². The molecule has 1 heterocycles. The van der Waals surface area contributed by atoms with E-state index in [0.29, 0.717) is 19.6 Å². The Labute approximate surface area is 115 Å². The maximum absolute atomic E-state index is 12.6. The first kappa shape index (κ1) is 16.0. The van der Waals surface area contributed by atoms with Gasteiger partial charge in [-0.25, -0.2) is 0 Å². The van der Waals surface area contributed by atoms with Crippen LogP contribution in [0.2, 0.25) is 0 Å². The Morgan fingerprint density at radius 1 is 1.47 bits per heavy atom. The molecular formula is C14H26N2O3. The molecule has 1 aliphatic rings. The monoisotopic (exact) mass is 270 g/mol. The minimum atomic E-state index is -0.384. The molecule has 110 valence electrons. The standard InChI is InChI=1S/C14H26N2O3/c1-5-10(2)13-14(18)16(7-6-8-19-4)11(3)9-12(17)15-13/h10-11,13H,5-9H2,1-4H3,(H,15,17). The van der Waals surface area contributed by atoms with Gasteiger partial charge in [0.1, 0.15) is 6.04 Å².